The van der Waals surface area contributed by atoms with Gasteiger partial charge in [0.15, 0.2) is 0 Å². The standard InChI is InChI=1S/C10H15N.2C2H6/c1-7-5-6-10(11-4)9(3)8(7)2;2*1-2/h5-6,11H,1-4H3;2*1-2H3. The molecule has 0 aliphatic heterocycles. The molecule has 0 atom stereocenters. The largest absolute Gasteiger partial charge is 0.388 e. The summed E-state index contributed by atoms with van der Waals surface area (Å²) in [7, 11) is 1.96. The predicted octanol–water partition coefficient (Wildman–Crippen LogP) is 4.71. The molecule has 88 valence electrons. The molecule has 0 heterocycles. The van der Waals surface area contributed by atoms with Crippen molar-refractivity contribution in [2.75, 3.05) is 12.4 Å². The molecule has 0 aliphatic rings. The highest BCUT2D eigenvalue weighted by Gasteiger charge is 2.00. The molecule has 0 radical (unpaired) electrons. The van der Waals surface area contributed by atoms with Crippen LogP contribution in [0.25, 0.3) is 0 Å². The molecule has 0 fully saturated rings. The van der Waals surface area contributed by atoms with Crippen molar-refractivity contribution < 1.29 is 0 Å². The molecule has 1 N–H and O–H groups in total. The van der Waals surface area contributed by atoms with E-state index in [0.29, 0.717) is 0 Å². The van der Waals surface area contributed by atoms with Crippen LogP contribution in [0.5, 0.6) is 0 Å². The van der Waals surface area contributed by atoms with E-state index in [4.69, 9.17) is 0 Å². The van der Waals surface area contributed by atoms with Crippen LogP contribution >= 0.6 is 0 Å². The molecule has 0 saturated heterocycles. The summed E-state index contributed by atoms with van der Waals surface area (Å²) < 4.78 is 0. The number of hydrogen-bond donors (Lipinski definition) is 1. The molecule has 1 aromatic rings. The normalized spacial score (nSPS) is 8.00. The molecule has 1 aromatic carbocycles. The van der Waals surface area contributed by atoms with Crippen molar-refractivity contribution in [1.82, 2.24) is 0 Å². The molecule has 0 unspecified atom stereocenters. The molecule has 1 nitrogen and oxygen atoms in total. The van der Waals surface area contributed by atoms with Crippen LogP contribution in [0.15, 0.2) is 12.1 Å². The first-order valence-electron chi connectivity index (χ1n) is 5.91. The molecule has 15 heavy (non-hydrogen) atoms. The Labute approximate surface area is 95.9 Å². The summed E-state index contributed by atoms with van der Waals surface area (Å²) >= 11 is 0. The van der Waals surface area contributed by atoms with Gasteiger partial charge in [-0.05, 0) is 43.5 Å². The molecule has 0 aromatic heterocycles. The fraction of sp³-hybridized carbons (Fsp3) is 0.571. The van der Waals surface area contributed by atoms with Crippen LogP contribution in [-0.4, -0.2) is 7.05 Å². The zero-order valence-corrected chi connectivity index (χ0v) is 11.7. The van der Waals surface area contributed by atoms with Crippen LogP contribution in [0.2, 0.25) is 0 Å². The van der Waals surface area contributed by atoms with Crippen LogP contribution in [-0.2, 0) is 0 Å². The van der Waals surface area contributed by atoms with Gasteiger partial charge >= 0.3 is 0 Å². The lowest BCUT2D eigenvalue weighted by Gasteiger charge is -2.09. The van der Waals surface area contributed by atoms with Crippen molar-refractivity contribution in [3.8, 4) is 0 Å². The Kier molecular flexibility index (Phi) is 10.5. The summed E-state index contributed by atoms with van der Waals surface area (Å²) in [6, 6.07) is 4.27. The third-order valence-corrected chi connectivity index (χ3v) is 2.33. The van der Waals surface area contributed by atoms with Gasteiger partial charge in [0, 0.05) is 12.7 Å². The van der Waals surface area contributed by atoms with Gasteiger partial charge in [-0.25, -0.2) is 0 Å². The summed E-state index contributed by atoms with van der Waals surface area (Å²) in [6.45, 7) is 14.4. The van der Waals surface area contributed by atoms with Gasteiger partial charge in [-0.3, -0.25) is 0 Å². The molecule has 0 spiro atoms. The average Bonchev–Trinajstić information content (AvgIpc) is 2.32. The van der Waals surface area contributed by atoms with Crippen molar-refractivity contribution in [1.29, 1.82) is 0 Å². The monoisotopic (exact) mass is 209 g/mol. The topological polar surface area (TPSA) is 12.0 Å². The lowest BCUT2D eigenvalue weighted by Crippen LogP contribution is -1.95. The van der Waals surface area contributed by atoms with Crippen molar-refractivity contribution in [3.63, 3.8) is 0 Å². The van der Waals surface area contributed by atoms with E-state index in [2.05, 4.69) is 38.2 Å². The highest BCUT2D eigenvalue weighted by atomic mass is 14.8. The molecule has 0 saturated carbocycles. The van der Waals surface area contributed by atoms with E-state index >= 15 is 0 Å². The predicted molar refractivity (Wildman–Crippen MR) is 72.9 cm³/mol. The minimum absolute atomic E-state index is 1.23. The van der Waals surface area contributed by atoms with Crippen LogP contribution in [0.3, 0.4) is 0 Å². The van der Waals surface area contributed by atoms with Crippen LogP contribution in [0, 0.1) is 20.8 Å². The number of rotatable bonds is 1. The van der Waals surface area contributed by atoms with Crippen LogP contribution in [0.4, 0.5) is 5.69 Å². The summed E-state index contributed by atoms with van der Waals surface area (Å²) in [6.07, 6.45) is 0. The van der Waals surface area contributed by atoms with Crippen LogP contribution in [0.1, 0.15) is 44.4 Å². The molecular weight excluding hydrogens is 182 g/mol. The average molecular weight is 209 g/mol. The Bertz CT molecular complexity index is 264. The molecule has 0 bridgehead atoms. The van der Waals surface area contributed by atoms with E-state index in [1.807, 2.05) is 34.7 Å². The SMILES string of the molecule is CC.CC.CNc1ccc(C)c(C)c1C. The summed E-state index contributed by atoms with van der Waals surface area (Å²) in [5.41, 5.74) is 5.33. The van der Waals surface area contributed by atoms with Crippen molar-refractivity contribution in [2.24, 2.45) is 0 Å². The lowest BCUT2D eigenvalue weighted by molar-refractivity contribution is 1.26. The van der Waals surface area contributed by atoms with Crippen molar-refractivity contribution in [2.45, 2.75) is 48.5 Å². The van der Waals surface area contributed by atoms with Gasteiger partial charge < -0.3 is 5.32 Å². The van der Waals surface area contributed by atoms with Crippen molar-refractivity contribution >= 4 is 5.69 Å². The smallest absolute Gasteiger partial charge is 0.0370 e. The Morgan fingerprint density at radius 3 is 1.67 bits per heavy atom. The highest BCUT2D eigenvalue weighted by Crippen LogP contribution is 2.20. The molecule has 1 heteroatoms. The third-order valence-electron chi connectivity index (χ3n) is 2.33. The highest BCUT2D eigenvalue weighted by molar-refractivity contribution is 5.55. The van der Waals surface area contributed by atoms with Gasteiger partial charge in [0.2, 0.25) is 0 Å². The molecule has 0 amide bonds. The van der Waals surface area contributed by atoms with Gasteiger partial charge in [-0.15, -0.1) is 0 Å². The summed E-state index contributed by atoms with van der Waals surface area (Å²) in [4.78, 5) is 0. The van der Waals surface area contributed by atoms with Gasteiger partial charge in [0.1, 0.15) is 0 Å². The molecular formula is C14H27N. The Hall–Kier alpha value is -0.980. The minimum atomic E-state index is 1.23. The fourth-order valence-corrected chi connectivity index (χ4v) is 1.23. The van der Waals surface area contributed by atoms with Gasteiger partial charge in [-0.2, -0.15) is 0 Å². The first kappa shape index (κ1) is 16.4. The van der Waals surface area contributed by atoms with Gasteiger partial charge in [0.25, 0.3) is 0 Å². The second-order valence-electron chi connectivity index (χ2n) is 2.93. The number of anilines is 1. The van der Waals surface area contributed by atoms with E-state index in [1.54, 1.807) is 0 Å². The number of aryl methyl sites for hydroxylation is 1. The lowest BCUT2D eigenvalue weighted by atomic mass is 10.0. The minimum Gasteiger partial charge on any atom is -0.388 e. The van der Waals surface area contributed by atoms with E-state index in [1.165, 1.54) is 22.4 Å². The quantitative estimate of drug-likeness (QED) is 0.706. The third kappa shape index (κ3) is 4.87. The maximum absolute atomic E-state index is 3.16. The first-order chi connectivity index (χ1) is 7.16. The number of benzene rings is 1. The number of hydrogen-bond acceptors (Lipinski definition) is 1. The van der Waals surface area contributed by atoms with Crippen molar-refractivity contribution in [3.05, 3.63) is 28.8 Å². The van der Waals surface area contributed by atoms with E-state index in [0.717, 1.165) is 0 Å². The second-order valence-corrected chi connectivity index (χ2v) is 2.93. The van der Waals surface area contributed by atoms with Crippen LogP contribution < -0.4 is 5.32 Å². The Balaban J connectivity index is 0. The first-order valence-corrected chi connectivity index (χ1v) is 5.91. The maximum Gasteiger partial charge on any atom is 0.0370 e. The van der Waals surface area contributed by atoms with E-state index < -0.39 is 0 Å². The maximum atomic E-state index is 3.16. The molecule has 0 aliphatic carbocycles. The van der Waals surface area contributed by atoms with Gasteiger partial charge in [0.05, 0.1) is 0 Å². The van der Waals surface area contributed by atoms with Gasteiger partial charge in [-0.1, -0.05) is 33.8 Å². The Morgan fingerprint density at radius 1 is 0.800 bits per heavy atom. The second kappa shape index (κ2) is 9.57. The van der Waals surface area contributed by atoms with E-state index in [9.17, 15) is 0 Å². The Morgan fingerprint density at radius 2 is 1.27 bits per heavy atom. The van der Waals surface area contributed by atoms with E-state index in [-0.39, 0.29) is 0 Å². The zero-order chi connectivity index (χ0) is 12.4. The summed E-state index contributed by atoms with van der Waals surface area (Å²) in [5, 5.41) is 3.16. The fourth-order valence-electron chi connectivity index (χ4n) is 1.23. The zero-order valence-electron chi connectivity index (χ0n) is 11.7. The molecule has 1 rings (SSSR count). The summed E-state index contributed by atoms with van der Waals surface area (Å²) in [5.74, 6) is 0. The number of nitrogens with one attached hydrogen (secondary N) is 1.